The Morgan fingerprint density at radius 1 is 0.879 bits per heavy atom. The zero-order valence-corrected chi connectivity index (χ0v) is 19.6. The SMILES string of the molecule is NC(=Nc1ccc(-c2ccccc2)nn1)Nc1ccccc1Nc1nc2ccc(Br)cc2s1. The molecule has 0 spiro atoms. The summed E-state index contributed by atoms with van der Waals surface area (Å²) >= 11 is 5.08. The zero-order valence-electron chi connectivity index (χ0n) is 17.2. The maximum Gasteiger partial charge on any atom is 0.199 e. The van der Waals surface area contributed by atoms with E-state index in [1.54, 1.807) is 17.4 Å². The van der Waals surface area contributed by atoms with Crippen LogP contribution in [-0.4, -0.2) is 21.1 Å². The van der Waals surface area contributed by atoms with Gasteiger partial charge in [-0.1, -0.05) is 69.7 Å². The molecule has 2 aromatic heterocycles. The molecule has 0 radical (unpaired) electrons. The third-order valence-electron chi connectivity index (χ3n) is 4.74. The second kappa shape index (κ2) is 9.35. The molecular formula is C24H18BrN7S. The van der Waals surface area contributed by atoms with E-state index in [1.165, 1.54) is 0 Å². The fraction of sp³-hybridized carbons (Fsp3) is 0. The smallest absolute Gasteiger partial charge is 0.199 e. The van der Waals surface area contributed by atoms with Gasteiger partial charge in [-0.05, 0) is 42.5 Å². The number of hydrogen-bond acceptors (Lipinski definition) is 6. The van der Waals surface area contributed by atoms with Gasteiger partial charge in [0.1, 0.15) is 0 Å². The number of aromatic nitrogens is 3. The number of hydrogen-bond donors (Lipinski definition) is 3. The predicted molar refractivity (Wildman–Crippen MR) is 139 cm³/mol. The summed E-state index contributed by atoms with van der Waals surface area (Å²) in [6.45, 7) is 0. The molecule has 0 aliphatic rings. The Hall–Kier alpha value is -3.82. The van der Waals surface area contributed by atoms with Crippen LogP contribution in [0.3, 0.4) is 0 Å². The van der Waals surface area contributed by atoms with Crippen LogP contribution in [-0.2, 0) is 0 Å². The second-order valence-corrected chi connectivity index (χ2v) is 9.01. The number of halogens is 1. The highest BCUT2D eigenvalue weighted by Crippen LogP contribution is 2.32. The van der Waals surface area contributed by atoms with Gasteiger partial charge in [0.05, 0.1) is 27.3 Å². The summed E-state index contributed by atoms with van der Waals surface area (Å²) in [5, 5.41) is 15.7. The number of para-hydroxylation sites is 2. The molecule has 5 rings (SSSR count). The van der Waals surface area contributed by atoms with Crippen molar-refractivity contribution in [2.45, 2.75) is 0 Å². The predicted octanol–water partition coefficient (Wildman–Crippen LogP) is 6.32. The summed E-state index contributed by atoms with van der Waals surface area (Å²) in [4.78, 5) is 8.99. The van der Waals surface area contributed by atoms with Gasteiger partial charge < -0.3 is 16.4 Å². The van der Waals surface area contributed by atoms with Crippen LogP contribution in [0.15, 0.2) is 94.4 Å². The number of guanidine groups is 1. The zero-order chi connectivity index (χ0) is 22.6. The van der Waals surface area contributed by atoms with Gasteiger partial charge in [-0.3, -0.25) is 0 Å². The number of benzene rings is 3. The van der Waals surface area contributed by atoms with Gasteiger partial charge in [0.25, 0.3) is 0 Å². The van der Waals surface area contributed by atoms with Crippen LogP contribution >= 0.6 is 27.3 Å². The Kier molecular flexibility index (Phi) is 5.97. The van der Waals surface area contributed by atoms with E-state index in [0.717, 1.165) is 42.5 Å². The van der Waals surface area contributed by atoms with Crippen molar-refractivity contribution in [2.24, 2.45) is 10.7 Å². The quantitative estimate of drug-likeness (QED) is 0.187. The average Bonchev–Trinajstić information content (AvgIpc) is 3.23. The van der Waals surface area contributed by atoms with Crippen LogP contribution in [0.5, 0.6) is 0 Å². The van der Waals surface area contributed by atoms with Crippen molar-refractivity contribution in [3.8, 4) is 11.3 Å². The van der Waals surface area contributed by atoms with Crippen molar-refractivity contribution >= 4 is 65.8 Å². The highest BCUT2D eigenvalue weighted by atomic mass is 79.9. The van der Waals surface area contributed by atoms with Crippen LogP contribution in [0, 0.1) is 0 Å². The summed E-state index contributed by atoms with van der Waals surface area (Å²) in [5.41, 5.74) is 10.5. The van der Waals surface area contributed by atoms with E-state index < -0.39 is 0 Å². The molecule has 2 heterocycles. The standard InChI is InChI=1S/C24H18BrN7S/c25-16-10-11-20-21(14-16)33-24(29-20)28-19-9-5-4-8-18(19)27-23(26)30-22-13-12-17(31-32-22)15-6-2-1-3-7-15/h1-14H,(H,28,29)(H3,26,27,30,32). The van der Waals surface area contributed by atoms with Crippen molar-refractivity contribution in [1.82, 2.24) is 15.2 Å². The van der Waals surface area contributed by atoms with Crippen molar-refractivity contribution in [2.75, 3.05) is 10.6 Å². The first-order chi connectivity index (χ1) is 16.1. The van der Waals surface area contributed by atoms with Gasteiger partial charge in [0.2, 0.25) is 0 Å². The lowest BCUT2D eigenvalue weighted by molar-refractivity contribution is 1.03. The van der Waals surface area contributed by atoms with E-state index in [2.05, 4.69) is 52.8 Å². The van der Waals surface area contributed by atoms with Gasteiger partial charge in [0, 0.05) is 10.0 Å². The lowest BCUT2D eigenvalue weighted by Gasteiger charge is -2.11. The van der Waals surface area contributed by atoms with Gasteiger partial charge >= 0.3 is 0 Å². The summed E-state index contributed by atoms with van der Waals surface area (Å²) in [6.07, 6.45) is 0. The maximum atomic E-state index is 6.15. The van der Waals surface area contributed by atoms with Crippen molar-refractivity contribution < 1.29 is 0 Å². The van der Waals surface area contributed by atoms with Gasteiger partial charge in [-0.2, -0.15) is 4.99 Å². The summed E-state index contributed by atoms with van der Waals surface area (Å²) in [5.74, 6) is 0.626. The number of rotatable bonds is 5. The van der Waals surface area contributed by atoms with Crippen molar-refractivity contribution in [3.63, 3.8) is 0 Å². The van der Waals surface area contributed by atoms with Gasteiger partial charge in [0.15, 0.2) is 16.9 Å². The molecule has 0 aliphatic carbocycles. The largest absolute Gasteiger partial charge is 0.369 e. The Labute approximate surface area is 202 Å². The Morgan fingerprint density at radius 2 is 1.67 bits per heavy atom. The molecule has 33 heavy (non-hydrogen) atoms. The molecule has 0 saturated heterocycles. The first-order valence-electron chi connectivity index (χ1n) is 10.1. The topological polar surface area (TPSA) is 101 Å². The summed E-state index contributed by atoms with van der Waals surface area (Å²) in [6, 6.07) is 27.3. The molecular weight excluding hydrogens is 498 g/mol. The minimum atomic E-state index is 0.208. The normalized spacial score (nSPS) is 11.5. The molecule has 0 atom stereocenters. The van der Waals surface area contributed by atoms with E-state index in [9.17, 15) is 0 Å². The van der Waals surface area contributed by atoms with Gasteiger partial charge in [-0.25, -0.2) is 4.98 Å². The Balaban J connectivity index is 1.33. The van der Waals surface area contributed by atoms with Crippen LogP contribution < -0.4 is 16.4 Å². The van der Waals surface area contributed by atoms with Crippen LogP contribution in [0.4, 0.5) is 22.3 Å². The monoisotopic (exact) mass is 515 g/mol. The lowest BCUT2D eigenvalue weighted by atomic mass is 10.1. The molecule has 0 aliphatic heterocycles. The first-order valence-corrected chi connectivity index (χ1v) is 11.7. The highest BCUT2D eigenvalue weighted by Gasteiger charge is 2.09. The number of aliphatic imine (C=N–C) groups is 1. The summed E-state index contributed by atoms with van der Waals surface area (Å²) < 4.78 is 2.12. The lowest BCUT2D eigenvalue weighted by Crippen LogP contribution is -2.22. The van der Waals surface area contributed by atoms with Crippen LogP contribution in [0.2, 0.25) is 0 Å². The molecule has 162 valence electrons. The van der Waals surface area contributed by atoms with Crippen LogP contribution in [0.25, 0.3) is 21.5 Å². The molecule has 4 N–H and O–H groups in total. The van der Waals surface area contributed by atoms with Gasteiger partial charge in [-0.15, -0.1) is 10.2 Å². The number of fused-ring (bicyclic) bond motifs is 1. The van der Waals surface area contributed by atoms with E-state index in [1.807, 2.05) is 72.8 Å². The first kappa shape index (κ1) is 21.0. The third kappa shape index (κ3) is 5.00. The molecule has 0 fully saturated rings. The maximum absolute atomic E-state index is 6.15. The second-order valence-electron chi connectivity index (χ2n) is 7.07. The number of nitrogens with one attached hydrogen (secondary N) is 2. The van der Waals surface area contributed by atoms with E-state index in [0.29, 0.717) is 5.82 Å². The molecule has 5 aromatic rings. The molecule has 3 aromatic carbocycles. The third-order valence-corrected chi connectivity index (χ3v) is 6.16. The fourth-order valence-electron chi connectivity index (χ4n) is 3.21. The van der Waals surface area contributed by atoms with Crippen molar-refractivity contribution in [3.05, 3.63) is 89.4 Å². The number of anilines is 3. The Morgan fingerprint density at radius 3 is 2.45 bits per heavy atom. The number of thiazole rings is 1. The highest BCUT2D eigenvalue weighted by molar-refractivity contribution is 9.10. The van der Waals surface area contributed by atoms with E-state index in [4.69, 9.17) is 5.73 Å². The molecule has 0 saturated carbocycles. The van der Waals surface area contributed by atoms with E-state index >= 15 is 0 Å². The molecule has 9 heteroatoms. The molecule has 0 unspecified atom stereocenters. The minimum absolute atomic E-state index is 0.208. The van der Waals surface area contributed by atoms with E-state index in [-0.39, 0.29) is 5.96 Å². The van der Waals surface area contributed by atoms with Crippen LogP contribution in [0.1, 0.15) is 0 Å². The number of nitrogens with two attached hydrogens (primary N) is 1. The summed E-state index contributed by atoms with van der Waals surface area (Å²) in [7, 11) is 0. The molecule has 0 bridgehead atoms. The number of nitrogens with zero attached hydrogens (tertiary/aromatic N) is 4. The molecule has 0 amide bonds. The Bertz CT molecular complexity index is 1430. The molecule has 7 nitrogen and oxygen atoms in total. The minimum Gasteiger partial charge on any atom is -0.369 e. The fourth-order valence-corrected chi connectivity index (χ4v) is 4.64. The van der Waals surface area contributed by atoms with Crippen molar-refractivity contribution in [1.29, 1.82) is 0 Å². The average molecular weight is 516 g/mol.